The van der Waals surface area contributed by atoms with Crippen LogP contribution in [0.4, 0.5) is 0 Å². The van der Waals surface area contributed by atoms with Crippen molar-refractivity contribution in [2.45, 2.75) is 20.3 Å². The van der Waals surface area contributed by atoms with Crippen molar-refractivity contribution in [3.8, 4) is 11.5 Å². The van der Waals surface area contributed by atoms with E-state index >= 15 is 0 Å². The normalized spacial score (nSPS) is 10.9. The minimum Gasteiger partial charge on any atom is -0.493 e. The van der Waals surface area contributed by atoms with E-state index in [9.17, 15) is 9.59 Å². The summed E-state index contributed by atoms with van der Waals surface area (Å²) in [5, 5.41) is 12.8. The van der Waals surface area contributed by atoms with Crippen LogP contribution in [0.25, 0.3) is 0 Å². The largest absolute Gasteiger partial charge is 0.493 e. The maximum atomic E-state index is 12.3. The average molecular weight is 384 g/mol. The molecule has 0 aliphatic heterocycles. The first-order chi connectivity index (χ1) is 13.4. The molecule has 7 heteroatoms. The third kappa shape index (κ3) is 6.12. The van der Waals surface area contributed by atoms with Crippen molar-refractivity contribution in [1.29, 1.82) is 0 Å². The van der Waals surface area contributed by atoms with E-state index in [2.05, 4.69) is 24.4 Å². The second-order valence-corrected chi connectivity index (χ2v) is 6.52. The van der Waals surface area contributed by atoms with Gasteiger partial charge in [-0.15, -0.1) is 0 Å². The van der Waals surface area contributed by atoms with Gasteiger partial charge in [-0.25, -0.2) is 10.2 Å². The number of hydrogen-bond donors (Lipinski definition) is 2. The molecule has 0 unspecified atom stereocenters. The van der Waals surface area contributed by atoms with Gasteiger partial charge in [0.2, 0.25) is 0 Å². The molecule has 2 rings (SSSR count). The first-order valence-corrected chi connectivity index (χ1v) is 8.88. The summed E-state index contributed by atoms with van der Waals surface area (Å²) in [6.45, 7) is 4.81. The van der Waals surface area contributed by atoms with E-state index in [1.807, 2.05) is 0 Å². The Morgan fingerprint density at radius 2 is 1.79 bits per heavy atom. The summed E-state index contributed by atoms with van der Waals surface area (Å²) in [7, 11) is 1.52. The monoisotopic (exact) mass is 384 g/mol. The number of rotatable bonds is 9. The highest BCUT2D eigenvalue weighted by molar-refractivity contribution is 5.95. The molecule has 2 N–H and O–H groups in total. The molecule has 0 aliphatic rings. The summed E-state index contributed by atoms with van der Waals surface area (Å²) in [5.74, 6) is 0.202. The molecule has 0 heterocycles. The molecule has 0 spiro atoms. The van der Waals surface area contributed by atoms with Gasteiger partial charge in [0, 0.05) is 5.56 Å². The van der Waals surface area contributed by atoms with E-state index in [-0.39, 0.29) is 5.56 Å². The van der Waals surface area contributed by atoms with Gasteiger partial charge in [0.15, 0.2) is 11.5 Å². The van der Waals surface area contributed by atoms with E-state index in [0.29, 0.717) is 35.2 Å². The fourth-order valence-corrected chi connectivity index (χ4v) is 2.27. The third-order valence-corrected chi connectivity index (χ3v) is 3.92. The van der Waals surface area contributed by atoms with Crippen LogP contribution in [0, 0.1) is 5.92 Å². The Hall–Kier alpha value is -3.35. The summed E-state index contributed by atoms with van der Waals surface area (Å²) in [6.07, 6.45) is 2.36. The minimum atomic E-state index is -0.998. The minimum absolute atomic E-state index is 0.184. The zero-order chi connectivity index (χ0) is 20.5. The molecule has 1 amide bonds. The van der Waals surface area contributed by atoms with Gasteiger partial charge in [0.25, 0.3) is 5.91 Å². The number of hydrazone groups is 1. The van der Waals surface area contributed by atoms with E-state index in [0.717, 1.165) is 6.42 Å². The highest BCUT2D eigenvalue weighted by Gasteiger charge is 2.11. The summed E-state index contributed by atoms with van der Waals surface area (Å²) in [5.41, 5.74) is 3.66. The van der Waals surface area contributed by atoms with Crippen molar-refractivity contribution < 1.29 is 24.2 Å². The van der Waals surface area contributed by atoms with E-state index in [4.69, 9.17) is 14.6 Å². The lowest BCUT2D eigenvalue weighted by Gasteiger charge is -2.12. The Balaban J connectivity index is 1.98. The van der Waals surface area contributed by atoms with Crippen LogP contribution in [0.5, 0.6) is 11.5 Å². The highest BCUT2D eigenvalue weighted by Crippen LogP contribution is 2.28. The Bertz CT molecular complexity index is 844. The molecule has 0 fully saturated rings. The smallest absolute Gasteiger partial charge is 0.335 e. The molecule has 0 atom stereocenters. The number of carbonyl (C=O) groups excluding carboxylic acids is 1. The first-order valence-electron chi connectivity index (χ1n) is 8.88. The zero-order valence-electron chi connectivity index (χ0n) is 16.1. The first kappa shape index (κ1) is 21.0. The van der Waals surface area contributed by atoms with Crippen LogP contribution in [0.3, 0.4) is 0 Å². The molecular formula is C21H24N2O5. The van der Waals surface area contributed by atoms with Gasteiger partial charge >= 0.3 is 5.97 Å². The van der Waals surface area contributed by atoms with Gasteiger partial charge in [-0.2, -0.15) is 5.10 Å². The predicted molar refractivity (Wildman–Crippen MR) is 106 cm³/mol. The summed E-state index contributed by atoms with van der Waals surface area (Å²) in [6, 6.07) is 11.1. The maximum absolute atomic E-state index is 12.3. The SMILES string of the molecule is COc1cc(C(=O)N/N=C/c2ccc(C(=O)O)cc2)ccc1OCCC(C)C. The van der Waals surface area contributed by atoms with Crippen LogP contribution in [0.2, 0.25) is 0 Å². The van der Waals surface area contributed by atoms with E-state index < -0.39 is 11.9 Å². The Morgan fingerprint density at radius 3 is 2.39 bits per heavy atom. The fraction of sp³-hybridized carbons (Fsp3) is 0.286. The number of hydrogen-bond acceptors (Lipinski definition) is 5. The maximum Gasteiger partial charge on any atom is 0.335 e. The lowest BCUT2D eigenvalue weighted by molar-refractivity contribution is 0.0696. The number of nitrogens with one attached hydrogen (secondary N) is 1. The summed E-state index contributed by atoms with van der Waals surface area (Å²) in [4.78, 5) is 23.1. The number of nitrogens with zero attached hydrogens (tertiary/aromatic N) is 1. The van der Waals surface area contributed by atoms with Crippen molar-refractivity contribution in [2.75, 3.05) is 13.7 Å². The lowest BCUT2D eigenvalue weighted by atomic mass is 10.1. The number of methoxy groups -OCH3 is 1. The molecule has 0 saturated carbocycles. The predicted octanol–water partition coefficient (Wildman–Crippen LogP) is 3.58. The van der Waals surface area contributed by atoms with Gasteiger partial charge in [-0.3, -0.25) is 4.79 Å². The van der Waals surface area contributed by atoms with Crippen molar-refractivity contribution in [3.05, 3.63) is 59.2 Å². The summed E-state index contributed by atoms with van der Waals surface area (Å²) < 4.78 is 11.0. The third-order valence-electron chi connectivity index (χ3n) is 3.92. The summed E-state index contributed by atoms with van der Waals surface area (Å²) >= 11 is 0. The van der Waals surface area contributed by atoms with Crippen LogP contribution >= 0.6 is 0 Å². The molecular weight excluding hydrogens is 360 g/mol. The second kappa shape index (κ2) is 10.1. The number of ether oxygens (including phenoxy) is 2. The molecule has 0 radical (unpaired) electrons. The lowest BCUT2D eigenvalue weighted by Crippen LogP contribution is -2.17. The van der Waals surface area contributed by atoms with Gasteiger partial charge in [0.1, 0.15) is 0 Å². The zero-order valence-corrected chi connectivity index (χ0v) is 16.1. The second-order valence-electron chi connectivity index (χ2n) is 6.52. The van der Waals surface area contributed by atoms with Crippen molar-refractivity contribution in [1.82, 2.24) is 5.43 Å². The van der Waals surface area contributed by atoms with Gasteiger partial charge in [0.05, 0.1) is 25.5 Å². The number of aromatic carboxylic acids is 1. The highest BCUT2D eigenvalue weighted by atomic mass is 16.5. The number of amides is 1. The van der Waals surface area contributed by atoms with Crippen molar-refractivity contribution in [3.63, 3.8) is 0 Å². The number of carboxylic acid groups (broad SMARTS) is 1. The Labute approximate surface area is 164 Å². The van der Waals surface area contributed by atoms with Crippen LogP contribution < -0.4 is 14.9 Å². The number of carbonyl (C=O) groups is 2. The topological polar surface area (TPSA) is 97.2 Å². The number of benzene rings is 2. The van der Waals surface area contributed by atoms with Crippen LogP contribution in [-0.2, 0) is 0 Å². The molecule has 148 valence electrons. The van der Waals surface area contributed by atoms with Crippen molar-refractivity contribution in [2.24, 2.45) is 11.0 Å². The van der Waals surface area contributed by atoms with E-state index in [1.165, 1.54) is 25.5 Å². The molecule has 2 aromatic carbocycles. The molecule has 0 bridgehead atoms. The fourth-order valence-electron chi connectivity index (χ4n) is 2.27. The molecule has 2 aromatic rings. The van der Waals surface area contributed by atoms with Crippen molar-refractivity contribution >= 4 is 18.1 Å². The average Bonchev–Trinajstić information content (AvgIpc) is 2.68. The molecule has 0 aliphatic carbocycles. The molecule has 0 aromatic heterocycles. The Morgan fingerprint density at radius 1 is 1.11 bits per heavy atom. The molecule has 0 saturated heterocycles. The van der Waals surface area contributed by atoms with Gasteiger partial charge < -0.3 is 14.6 Å². The van der Waals surface area contributed by atoms with Crippen LogP contribution in [-0.4, -0.2) is 36.9 Å². The van der Waals surface area contributed by atoms with Gasteiger partial charge in [-0.1, -0.05) is 26.0 Å². The van der Waals surface area contributed by atoms with Crippen LogP contribution in [0.1, 0.15) is 46.5 Å². The molecule has 28 heavy (non-hydrogen) atoms. The quantitative estimate of drug-likeness (QED) is 0.509. The van der Waals surface area contributed by atoms with E-state index in [1.54, 1.807) is 30.3 Å². The van der Waals surface area contributed by atoms with Gasteiger partial charge in [-0.05, 0) is 48.2 Å². The van der Waals surface area contributed by atoms with Crippen LogP contribution in [0.15, 0.2) is 47.6 Å². The Kier molecular flexibility index (Phi) is 7.56. The molecule has 7 nitrogen and oxygen atoms in total. The standard InChI is InChI=1S/C21H24N2O5/c1-14(2)10-11-28-18-9-8-17(12-19(18)27-3)20(24)23-22-13-15-4-6-16(7-5-15)21(25)26/h4-9,12-14H,10-11H2,1-3H3,(H,23,24)(H,25,26)/b22-13+. The number of carboxylic acids is 1.